The van der Waals surface area contributed by atoms with Crippen LogP contribution in [0.4, 0.5) is 0 Å². The van der Waals surface area contributed by atoms with Crippen LogP contribution in [-0.2, 0) is 4.74 Å². The third-order valence-electron chi connectivity index (χ3n) is 4.48. The lowest BCUT2D eigenvalue weighted by Gasteiger charge is -2.20. The van der Waals surface area contributed by atoms with Crippen LogP contribution in [-0.4, -0.2) is 32.3 Å². The minimum absolute atomic E-state index is 0.223. The number of hydrogen-bond acceptors (Lipinski definition) is 2. The van der Waals surface area contributed by atoms with E-state index < -0.39 is 0 Å². The van der Waals surface area contributed by atoms with Crippen LogP contribution in [0.1, 0.15) is 39.0 Å². The number of nitrogens with one attached hydrogen (secondary N) is 1. The van der Waals surface area contributed by atoms with E-state index in [-0.39, 0.29) is 6.04 Å². The number of methoxy groups -OCH3 is 1. The summed E-state index contributed by atoms with van der Waals surface area (Å²) in [5, 5.41) is 3.14. The van der Waals surface area contributed by atoms with Gasteiger partial charge in [-0.25, -0.2) is 0 Å². The first-order valence-electron chi connectivity index (χ1n) is 7.24. The Labute approximate surface area is 110 Å². The first-order valence-corrected chi connectivity index (χ1v) is 7.24. The van der Waals surface area contributed by atoms with Crippen molar-refractivity contribution in [3.63, 3.8) is 0 Å². The predicted octanol–water partition coefficient (Wildman–Crippen LogP) is 1.75. The van der Waals surface area contributed by atoms with E-state index in [9.17, 15) is 0 Å². The van der Waals surface area contributed by atoms with Crippen molar-refractivity contribution < 1.29 is 4.74 Å². The molecule has 4 unspecified atom stereocenters. The largest absolute Gasteiger partial charge is 0.383 e. The molecule has 2 aliphatic carbocycles. The molecule has 2 fully saturated rings. The minimum Gasteiger partial charge on any atom is -0.383 e. The van der Waals surface area contributed by atoms with Crippen molar-refractivity contribution in [3.05, 3.63) is 0 Å². The molecule has 0 aromatic rings. The van der Waals surface area contributed by atoms with Gasteiger partial charge in [-0.15, -0.1) is 0 Å². The van der Waals surface area contributed by atoms with Crippen LogP contribution in [0.15, 0.2) is 4.99 Å². The maximum atomic E-state index is 5.85. The zero-order valence-electron chi connectivity index (χ0n) is 11.7. The zero-order chi connectivity index (χ0) is 13.0. The monoisotopic (exact) mass is 253 g/mol. The van der Waals surface area contributed by atoms with Crippen molar-refractivity contribution in [1.82, 2.24) is 5.32 Å². The predicted molar refractivity (Wildman–Crippen MR) is 74.5 cm³/mol. The highest BCUT2D eigenvalue weighted by molar-refractivity contribution is 5.78. The highest BCUT2D eigenvalue weighted by Gasteiger charge is 2.38. The Balaban J connectivity index is 1.64. The molecule has 0 aromatic heterocycles. The molecular weight excluding hydrogens is 226 g/mol. The average molecular weight is 253 g/mol. The molecule has 4 atom stereocenters. The van der Waals surface area contributed by atoms with Crippen LogP contribution in [0, 0.1) is 17.8 Å². The Hall–Kier alpha value is -0.770. The Bertz CT molecular complexity index is 293. The number of aliphatic imine (C=N–C) groups is 1. The number of ether oxygens (including phenoxy) is 1. The first-order chi connectivity index (χ1) is 8.69. The maximum absolute atomic E-state index is 5.85. The SMILES string of the molecule is COCC(C)NC(N)=NCCC1CC2CCC1C2. The van der Waals surface area contributed by atoms with Crippen LogP contribution >= 0.6 is 0 Å². The van der Waals surface area contributed by atoms with Crippen LogP contribution in [0.5, 0.6) is 0 Å². The third kappa shape index (κ3) is 3.61. The lowest BCUT2D eigenvalue weighted by molar-refractivity contribution is 0.179. The van der Waals surface area contributed by atoms with Gasteiger partial charge in [0.25, 0.3) is 0 Å². The fourth-order valence-corrected chi connectivity index (χ4v) is 3.67. The molecule has 0 radical (unpaired) electrons. The van der Waals surface area contributed by atoms with Crippen molar-refractivity contribution in [2.45, 2.75) is 45.1 Å². The van der Waals surface area contributed by atoms with Crippen LogP contribution in [0.25, 0.3) is 0 Å². The van der Waals surface area contributed by atoms with E-state index in [0.29, 0.717) is 12.6 Å². The molecule has 0 aliphatic heterocycles. The number of rotatable bonds is 6. The van der Waals surface area contributed by atoms with Crippen molar-refractivity contribution in [2.75, 3.05) is 20.3 Å². The lowest BCUT2D eigenvalue weighted by atomic mass is 9.86. The van der Waals surface area contributed by atoms with E-state index in [2.05, 4.69) is 10.3 Å². The number of fused-ring (bicyclic) bond motifs is 2. The topological polar surface area (TPSA) is 59.6 Å². The van der Waals surface area contributed by atoms with Gasteiger partial charge in [0.15, 0.2) is 5.96 Å². The van der Waals surface area contributed by atoms with Crippen LogP contribution in [0.2, 0.25) is 0 Å². The van der Waals surface area contributed by atoms with Gasteiger partial charge in [-0.1, -0.05) is 6.42 Å². The number of nitrogens with zero attached hydrogens (tertiary/aromatic N) is 1. The molecule has 2 aliphatic rings. The van der Waals surface area contributed by atoms with Gasteiger partial charge in [0.05, 0.1) is 6.61 Å². The number of guanidine groups is 1. The summed E-state index contributed by atoms with van der Waals surface area (Å²) in [5.41, 5.74) is 5.85. The second kappa shape index (κ2) is 6.41. The highest BCUT2D eigenvalue weighted by atomic mass is 16.5. The molecule has 2 bridgehead atoms. The third-order valence-corrected chi connectivity index (χ3v) is 4.48. The molecule has 0 saturated heterocycles. The molecule has 18 heavy (non-hydrogen) atoms. The molecule has 4 heteroatoms. The average Bonchev–Trinajstić information content (AvgIpc) is 2.91. The summed E-state index contributed by atoms with van der Waals surface area (Å²) < 4.78 is 5.05. The minimum atomic E-state index is 0.223. The molecular formula is C14H27N3O. The normalized spacial score (nSPS) is 32.8. The molecule has 0 aromatic carbocycles. The van der Waals surface area contributed by atoms with Crippen LogP contribution < -0.4 is 11.1 Å². The summed E-state index contributed by atoms with van der Waals surface area (Å²) in [4.78, 5) is 4.42. The van der Waals surface area contributed by atoms with Gasteiger partial charge in [0, 0.05) is 19.7 Å². The second-order valence-corrected chi connectivity index (χ2v) is 5.99. The molecule has 0 amide bonds. The first kappa shape index (κ1) is 13.7. The summed E-state index contributed by atoms with van der Waals surface area (Å²) in [6, 6.07) is 0.223. The van der Waals surface area contributed by atoms with Gasteiger partial charge in [-0.3, -0.25) is 4.99 Å². The highest BCUT2D eigenvalue weighted by Crippen LogP contribution is 2.49. The van der Waals surface area contributed by atoms with Crippen molar-refractivity contribution in [2.24, 2.45) is 28.5 Å². The molecule has 0 heterocycles. The van der Waals surface area contributed by atoms with E-state index in [4.69, 9.17) is 10.5 Å². The van der Waals surface area contributed by atoms with E-state index >= 15 is 0 Å². The Kier molecular flexibility index (Phi) is 4.87. The quantitative estimate of drug-likeness (QED) is 0.560. The van der Waals surface area contributed by atoms with Gasteiger partial charge in [0.1, 0.15) is 0 Å². The lowest BCUT2D eigenvalue weighted by Crippen LogP contribution is -2.40. The fraction of sp³-hybridized carbons (Fsp3) is 0.929. The van der Waals surface area contributed by atoms with Crippen LogP contribution in [0.3, 0.4) is 0 Å². The van der Waals surface area contributed by atoms with Crippen molar-refractivity contribution in [1.29, 1.82) is 0 Å². The molecule has 3 N–H and O–H groups in total. The van der Waals surface area contributed by atoms with Gasteiger partial charge >= 0.3 is 0 Å². The standard InChI is InChI=1S/C14H27N3O/c1-10(9-18-2)17-14(15)16-6-5-13-8-11-3-4-12(13)7-11/h10-13H,3-9H2,1-2H3,(H3,15,16,17). The summed E-state index contributed by atoms with van der Waals surface area (Å²) >= 11 is 0. The second-order valence-electron chi connectivity index (χ2n) is 5.99. The van der Waals surface area contributed by atoms with E-state index in [1.807, 2.05) is 6.92 Å². The molecule has 0 spiro atoms. The molecule has 4 nitrogen and oxygen atoms in total. The van der Waals surface area contributed by atoms with E-state index in [1.54, 1.807) is 7.11 Å². The number of nitrogens with two attached hydrogens (primary N) is 1. The maximum Gasteiger partial charge on any atom is 0.188 e. The smallest absolute Gasteiger partial charge is 0.188 e. The Morgan fingerprint density at radius 2 is 2.28 bits per heavy atom. The molecule has 2 rings (SSSR count). The fourth-order valence-electron chi connectivity index (χ4n) is 3.67. The summed E-state index contributed by atoms with van der Waals surface area (Å²) in [6.07, 6.45) is 7.06. The van der Waals surface area contributed by atoms with Crippen molar-refractivity contribution >= 4 is 5.96 Å². The Morgan fingerprint density at radius 1 is 1.44 bits per heavy atom. The van der Waals surface area contributed by atoms with E-state index in [0.717, 1.165) is 24.3 Å². The van der Waals surface area contributed by atoms with Gasteiger partial charge in [-0.2, -0.15) is 0 Å². The number of hydrogen-bond donors (Lipinski definition) is 2. The summed E-state index contributed by atoms with van der Waals surface area (Å²) in [5.74, 6) is 3.49. The molecule has 2 saturated carbocycles. The van der Waals surface area contributed by atoms with E-state index in [1.165, 1.54) is 32.1 Å². The van der Waals surface area contributed by atoms with Gasteiger partial charge in [-0.05, 0) is 50.4 Å². The Morgan fingerprint density at radius 3 is 2.89 bits per heavy atom. The summed E-state index contributed by atoms with van der Waals surface area (Å²) in [6.45, 7) is 3.57. The van der Waals surface area contributed by atoms with Crippen molar-refractivity contribution in [3.8, 4) is 0 Å². The molecule has 104 valence electrons. The zero-order valence-corrected chi connectivity index (χ0v) is 11.7. The van der Waals surface area contributed by atoms with Gasteiger partial charge < -0.3 is 15.8 Å². The van der Waals surface area contributed by atoms with Gasteiger partial charge in [0.2, 0.25) is 0 Å². The summed E-state index contributed by atoms with van der Waals surface area (Å²) in [7, 11) is 1.70.